The van der Waals surface area contributed by atoms with E-state index in [0.29, 0.717) is 0 Å². The van der Waals surface area contributed by atoms with Crippen LogP contribution in [0.25, 0.3) is 0 Å². The van der Waals surface area contributed by atoms with Gasteiger partial charge in [-0.2, -0.15) is 11.8 Å². The van der Waals surface area contributed by atoms with Gasteiger partial charge >= 0.3 is 0 Å². The average molecular weight is 265 g/mol. The van der Waals surface area contributed by atoms with Gasteiger partial charge in [0.15, 0.2) is 0 Å². The van der Waals surface area contributed by atoms with Crippen LogP contribution in [0.2, 0.25) is 0 Å². The van der Waals surface area contributed by atoms with E-state index in [0.717, 1.165) is 36.9 Å². The zero-order valence-electron chi connectivity index (χ0n) is 11.3. The number of nitrogens with zero attached hydrogens (tertiary/aromatic N) is 1. The minimum Gasteiger partial charge on any atom is -0.388 e. The smallest absolute Gasteiger partial charge is 0.0804 e. The first-order chi connectivity index (χ1) is 8.66. The Balaban J connectivity index is 1.84. The van der Waals surface area contributed by atoms with Gasteiger partial charge in [0.1, 0.15) is 0 Å². The SMILES string of the molecule is Cc1ccccc1C(O)CCN1CCSC(C)C1. The highest BCUT2D eigenvalue weighted by molar-refractivity contribution is 7.99. The molecule has 2 rings (SSSR count). The van der Waals surface area contributed by atoms with E-state index in [1.807, 2.05) is 18.2 Å². The Hall–Kier alpha value is -0.510. The Labute approximate surface area is 114 Å². The van der Waals surface area contributed by atoms with Gasteiger partial charge in [-0.15, -0.1) is 0 Å². The minimum absolute atomic E-state index is 0.323. The molecule has 0 spiro atoms. The van der Waals surface area contributed by atoms with Crippen molar-refractivity contribution in [3.05, 3.63) is 35.4 Å². The first-order valence-corrected chi connectivity index (χ1v) is 7.79. The molecule has 0 aliphatic carbocycles. The average Bonchev–Trinajstić information content (AvgIpc) is 2.37. The summed E-state index contributed by atoms with van der Waals surface area (Å²) in [4.78, 5) is 2.47. The Morgan fingerprint density at radius 2 is 2.22 bits per heavy atom. The lowest BCUT2D eigenvalue weighted by molar-refractivity contribution is 0.142. The third-order valence-electron chi connectivity index (χ3n) is 3.59. The molecule has 0 saturated carbocycles. The largest absolute Gasteiger partial charge is 0.388 e. The maximum Gasteiger partial charge on any atom is 0.0804 e. The first-order valence-electron chi connectivity index (χ1n) is 6.74. The predicted molar refractivity (Wildman–Crippen MR) is 79.1 cm³/mol. The Kier molecular flexibility index (Phi) is 5.10. The van der Waals surface area contributed by atoms with Crippen molar-refractivity contribution in [1.29, 1.82) is 0 Å². The van der Waals surface area contributed by atoms with E-state index in [1.54, 1.807) is 0 Å². The molecule has 0 aromatic heterocycles. The molecule has 0 radical (unpaired) electrons. The molecule has 1 N–H and O–H groups in total. The van der Waals surface area contributed by atoms with E-state index < -0.39 is 0 Å². The minimum atomic E-state index is -0.323. The summed E-state index contributed by atoms with van der Waals surface area (Å²) in [5, 5.41) is 11.0. The van der Waals surface area contributed by atoms with Crippen LogP contribution in [0.1, 0.15) is 30.6 Å². The molecule has 2 unspecified atom stereocenters. The molecule has 1 aromatic carbocycles. The Morgan fingerprint density at radius 1 is 1.44 bits per heavy atom. The lowest BCUT2D eigenvalue weighted by Crippen LogP contribution is -2.37. The van der Waals surface area contributed by atoms with E-state index >= 15 is 0 Å². The molecule has 1 saturated heterocycles. The van der Waals surface area contributed by atoms with Crippen LogP contribution >= 0.6 is 11.8 Å². The fourth-order valence-corrected chi connectivity index (χ4v) is 3.60. The second kappa shape index (κ2) is 6.60. The topological polar surface area (TPSA) is 23.5 Å². The van der Waals surface area contributed by atoms with Crippen molar-refractivity contribution < 1.29 is 5.11 Å². The zero-order valence-corrected chi connectivity index (χ0v) is 12.1. The molecular formula is C15H23NOS. The number of aliphatic hydroxyl groups is 1. The van der Waals surface area contributed by atoms with E-state index in [2.05, 4.69) is 36.6 Å². The molecule has 18 heavy (non-hydrogen) atoms. The van der Waals surface area contributed by atoms with Crippen LogP contribution in [0.5, 0.6) is 0 Å². The van der Waals surface area contributed by atoms with Crippen LogP contribution in [-0.4, -0.2) is 40.6 Å². The maximum absolute atomic E-state index is 10.3. The molecule has 1 aromatic rings. The standard InChI is InChI=1S/C15H23NOS/c1-12-5-3-4-6-14(12)15(17)7-8-16-9-10-18-13(2)11-16/h3-6,13,15,17H,7-11H2,1-2H3. The second-order valence-electron chi connectivity index (χ2n) is 5.14. The summed E-state index contributed by atoms with van der Waals surface area (Å²) >= 11 is 2.05. The van der Waals surface area contributed by atoms with E-state index in [9.17, 15) is 5.11 Å². The lowest BCUT2D eigenvalue weighted by Gasteiger charge is -2.31. The van der Waals surface area contributed by atoms with Gasteiger partial charge in [0.05, 0.1) is 6.10 Å². The van der Waals surface area contributed by atoms with E-state index in [4.69, 9.17) is 0 Å². The monoisotopic (exact) mass is 265 g/mol. The molecule has 0 bridgehead atoms. The fourth-order valence-electron chi connectivity index (χ4n) is 2.51. The molecule has 1 heterocycles. The number of benzene rings is 1. The summed E-state index contributed by atoms with van der Waals surface area (Å²) in [6, 6.07) is 8.13. The maximum atomic E-state index is 10.3. The van der Waals surface area contributed by atoms with Gasteiger partial charge in [0.25, 0.3) is 0 Å². The molecule has 1 aliphatic heterocycles. The van der Waals surface area contributed by atoms with Crippen molar-refractivity contribution in [2.75, 3.05) is 25.4 Å². The van der Waals surface area contributed by atoms with Crippen LogP contribution < -0.4 is 0 Å². The van der Waals surface area contributed by atoms with Crippen molar-refractivity contribution in [2.45, 2.75) is 31.6 Å². The molecule has 100 valence electrons. The Bertz CT molecular complexity index is 383. The Morgan fingerprint density at radius 3 is 2.94 bits per heavy atom. The molecule has 1 fully saturated rings. The highest BCUT2D eigenvalue weighted by Gasteiger charge is 2.18. The van der Waals surface area contributed by atoms with Crippen LogP contribution in [0.4, 0.5) is 0 Å². The number of thioether (sulfide) groups is 1. The third-order valence-corrected chi connectivity index (χ3v) is 4.73. The summed E-state index contributed by atoms with van der Waals surface area (Å²) in [7, 11) is 0. The van der Waals surface area contributed by atoms with Crippen molar-refractivity contribution in [2.24, 2.45) is 0 Å². The van der Waals surface area contributed by atoms with Gasteiger partial charge in [-0.05, 0) is 24.5 Å². The van der Waals surface area contributed by atoms with E-state index in [1.165, 1.54) is 11.3 Å². The summed E-state index contributed by atoms with van der Waals surface area (Å²) in [6.07, 6.45) is 0.512. The number of hydrogen-bond acceptors (Lipinski definition) is 3. The quantitative estimate of drug-likeness (QED) is 0.905. The number of hydrogen-bond donors (Lipinski definition) is 1. The summed E-state index contributed by atoms with van der Waals surface area (Å²) in [5.41, 5.74) is 2.27. The van der Waals surface area contributed by atoms with Gasteiger partial charge in [0, 0.05) is 30.6 Å². The number of rotatable bonds is 4. The van der Waals surface area contributed by atoms with Crippen LogP contribution in [0, 0.1) is 6.92 Å². The van der Waals surface area contributed by atoms with Gasteiger partial charge in [-0.25, -0.2) is 0 Å². The molecular weight excluding hydrogens is 242 g/mol. The van der Waals surface area contributed by atoms with Gasteiger partial charge in [-0.1, -0.05) is 31.2 Å². The number of aryl methyl sites for hydroxylation is 1. The summed E-state index contributed by atoms with van der Waals surface area (Å²) in [5.74, 6) is 1.22. The molecule has 3 heteroatoms. The van der Waals surface area contributed by atoms with Crippen LogP contribution in [0.3, 0.4) is 0 Å². The highest BCUT2D eigenvalue weighted by Crippen LogP contribution is 2.22. The third kappa shape index (κ3) is 3.74. The predicted octanol–water partition coefficient (Wildman–Crippen LogP) is 2.86. The van der Waals surface area contributed by atoms with Crippen molar-refractivity contribution >= 4 is 11.8 Å². The van der Waals surface area contributed by atoms with Crippen molar-refractivity contribution in [3.8, 4) is 0 Å². The zero-order chi connectivity index (χ0) is 13.0. The van der Waals surface area contributed by atoms with Crippen molar-refractivity contribution in [3.63, 3.8) is 0 Å². The number of aliphatic hydroxyl groups excluding tert-OH is 1. The molecule has 0 amide bonds. The van der Waals surface area contributed by atoms with Gasteiger partial charge < -0.3 is 10.0 Å². The fraction of sp³-hybridized carbons (Fsp3) is 0.600. The lowest BCUT2D eigenvalue weighted by atomic mass is 10.0. The van der Waals surface area contributed by atoms with Crippen molar-refractivity contribution in [1.82, 2.24) is 4.90 Å². The molecule has 1 aliphatic rings. The first kappa shape index (κ1) is 13.9. The van der Waals surface area contributed by atoms with Crippen LogP contribution in [0.15, 0.2) is 24.3 Å². The van der Waals surface area contributed by atoms with Crippen LogP contribution in [-0.2, 0) is 0 Å². The summed E-state index contributed by atoms with van der Waals surface area (Å²) < 4.78 is 0. The second-order valence-corrected chi connectivity index (χ2v) is 6.69. The molecule has 2 atom stereocenters. The van der Waals surface area contributed by atoms with E-state index in [-0.39, 0.29) is 6.10 Å². The van der Waals surface area contributed by atoms with Gasteiger partial charge in [-0.3, -0.25) is 0 Å². The highest BCUT2D eigenvalue weighted by atomic mass is 32.2. The summed E-state index contributed by atoms with van der Waals surface area (Å²) in [6.45, 7) is 7.67. The normalized spacial score (nSPS) is 22.9. The molecule has 2 nitrogen and oxygen atoms in total. The van der Waals surface area contributed by atoms with Gasteiger partial charge in [0.2, 0.25) is 0 Å².